The topological polar surface area (TPSA) is 69.4 Å². The second kappa shape index (κ2) is 6.60. The Morgan fingerprint density at radius 3 is 2.38 bits per heavy atom. The fourth-order valence-electron chi connectivity index (χ4n) is 2.50. The van der Waals surface area contributed by atoms with Crippen LogP contribution in [0.5, 0.6) is 0 Å². The van der Waals surface area contributed by atoms with Crippen molar-refractivity contribution in [1.82, 2.24) is 0 Å². The summed E-state index contributed by atoms with van der Waals surface area (Å²) in [4.78, 5) is 24.0. The summed E-state index contributed by atoms with van der Waals surface area (Å²) in [5, 5.41) is 0.699. The smallest absolute Gasteiger partial charge is 0.336 e. The fraction of sp³-hybridized carbons (Fsp3) is 0.333. The van der Waals surface area contributed by atoms with E-state index in [1.165, 1.54) is 7.11 Å². The summed E-state index contributed by atoms with van der Waals surface area (Å²) in [6, 6.07) is 4.07. The molecule has 0 heterocycles. The van der Waals surface area contributed by atoms with Gasteiger partial charge in [0.1, 0.15) is 0 Å². The van der Waals surface area contributed by atoms with Crippen molar-refractivity contribution in [1.29, 1.82) is 0 Å². The zero-order valence-electron chi connectivity index (χ0n) is 11.5. The molecule has 1 saturated carbocycles. The Balaban J connectivity index is 2.57. The number of ketones is 1. The van der Waals surface area contributed by atoms with Gasteiger partial charge in [-0.15, -0.1) is 0 Å². The Morgan fingerprint density at radius 1 is 1.29 bits per heavy atom. The zero-order chi connectivity index (χ0) is 15.6. The van der Waals surface area contributed by atoms with Gasteiger partial charge in [0.2, 0.25) is 0 Å². The van der Waals surface area contributed by atoms with Crippen LogP contribution in [0.3, 0.4) is 0 Å². The fourth-order valence-corrected chi connectivity index (χ4v) is 3.13. The van der Waals surface area contributed by atoms with Gasteiger partial charge in [-0.3, -0.25) is 4.79 Å². The number of methoxy groups -OCH3 is 1. The third kappa shape index (κ3) is 3.12. The van der Waals surface area contributed by atoms with Crippen molar-refractivity contribution in [3.05, 3.63) is 45.0 Å². The van der Waals surface area contributed by atoms with Crippen LogP contribution in [0, 0.1) is 0 Å². The molecule has 2 N–H and O–H groups in total. The highest BCUT2D eigenvalue weighted by atomic mass is 35.5. The van der Waals surface area contributed by atoms with E-state index in [1.807, 2.05) is 0 Å². The van der Waals surface area contributed by atoms with E-state index < -0.39 is 12.0 Å². The second-order valence-corrected chi connectivity index (χ2v) is 5.59. The molecule has 1 aromatic carbocycles. The molecule has 6 heteroatoms. The number of allylic oxidation sites excluding steroid dienone is 1. The molecule has 0 saturated heterocycles. The minimum Gasteiger partial charge on any atom is -0.466 e. The predicted molar refractivity (Wildman–Crippen MR) is 81.3 cm³/mol. The summed E-state index contributed by atoms with van der Waals surface area (Å²) in [5.74, 6) is -0.697. The molecule has 1 aromatic rings. The van der Waals surface area contributed by atoms with Gasteiger partial charge in [0.15, 0.2) is 5.78 Å². The number of ether oxygens (including phenoxy) is 1. The summed E-state index contributed by atoms with van der Waals surface area (Å²) < 4.78 is 4.78. The van der Waals surface area contributed by atoms with Crippen LogP contribution in [-0.2, 0) is 14.3 Å². The summed E-state index contributed by atoms with van der Waals surface area (Å²) >= 11 is 12.3. The maximum atomic E-state index is 12.1. The first-order valence-corrected chi connectivity index (χ1v) is 7.27. The number of benzene rings is 1. The van der Waals surface area contributed by atoms with Crippen LogP contribution in [0.1, 0.15) is 30.9 Å². The zero-order valence-corrected chi connectivity index (χ0v) is 13.0. The first-order chi connectivity index (χ1) is 9.97. The van der Waals surface area contributed by atoms with E-state index in [2.05, 4.69) is 0 Å². The Labute approximate surface area is 132 Å². The number of Topliss-reactive ketones (excluding diaryl/α,β-unsaturated/α-hetero) is 1. The van der Waals surface area contributed by atoms with Gasteiger partial charge in [0.05, 0.1) is 18.7 Å². The maximum absolute atomic E-state index is 12.1. The number of nitrogens with two attached hydrogens (primary N) is 1. The molecule has 0 bridgehead atoms. The molecular weight excluding hydrogens is 313 g/mol. The van der Waals surface area contributed by atoms with Gasteiger partial charge >= 0.3 is 5.97 Å². The molecule has 1 aliphatic rings. The van der Waals surface area contributed by atoms with Gasteiger partial charge in [-0.2, -0.15) is 0 Å². The van der Waals surface area contributed by atoms with Crippen molar-refractivity contribution >= 4 is 35.0 Å². The van der Waals surface area contributed by atoms with Crippen LogP contribution in [0.2, 0.25) is 10.0 Å². The van der Waals surface area contributed by atoms with E-state index in [0.29, 0.717) is 40.4 Å². The van der Waals surface area contributed by atoms with E-state index in [4.69, 9.17) is 33.7 Å². The lowest BCUT2D eigenvalue weighted by atomic mass is 9.93. The molecule has 2 rings (SSSR count). The van der Waals surface area contributed by atoms with Crippen LogP contribution in [-0.4, -0.2) is 18.9 Å². The van der Waals surface area contributed by atoms with Crippen LogP contribution in [0.4, 0.5) is 0 Å². The molecule has 0 spiro atoms. The average molecular weight is 328 g/mol. The quantitative estimate of drug-likeness (QED) is 0.683. The Kier molecular flexibility index (Phi) is 5.04. The molecule has 112 valence electrons. The number of rotatable bonds is 3. The number of halogens is 2. The molecule has 21 heavy (non-hydrogen) atoms. The van der Waals surface area contributed by atoms with Crippen molar-refractivity contribution < 1.29 is 14.3 Å². The number of carbonyl (C=O) groups is 2. The normalized spacial score (nSPS) is 18.6. The minimum atomic E-state index is -0.893. The van der Waals surface area contributed by atoms with E-state index in [-0.39, 0.29) is 11.4 Å². The first kappa shape index (κ1) is 16.0. The van der Waals surface area contributed by atoms with Crippen LogP contribution >= 0.6 is 23.2 Å². The van der Waals surface area contributed by atoms with Crippen molar-refractivity contribution in [2.45, 2.75) is 25.3 Å². The maximum Gasteiger partial charge on any atom is 0.336 e. The van der Waals surface area contributed by atoms with E-state index in [9.17, 15) is 9.59 Å². The van der Waals surface area contributed by atoms with Crippen molar-refractivity contribution in [2.75, 3.05) is 7.11 Å². The number of hydrogen-bond acceptors (Lipinski definition) is 4. The molecule has 4 nitrogen and oxygen atoms in total. The van der Waals surface area contributed by atoms with Gasteiger partial charge in [-0.25, -0.2) is 4.79 Å². The SMILES string of the molecule is COC(=O)/C(=C1/CCCC1=O)C(N)c1c(Cl)cccc1Cl. The number of esters is 1. The molecule has 1 unspecified atom stereocenters. The molecule has 1 aliphatic carbocycles. The summed E-state index contributed by atoms with van der Waals surface area (Å²) in [5.41, 5.74) is 7.17. The lowest BCUT2D eigenvalue weighted by molar-refractivity contribution is -0.136. The van der Waals surface area contributed by atoms with Crippen molar-refractivity contribution in [2.24, 2.45) is 5.73 Å². The first-order valence-electron chi connectivity index (χ1n) is 6.51. The molecule has 1 atom stereocenters. The van der Waals surface area contributed by atoms with E-state index in [0.717, 1.165) is 0 Å². The van der Waals surface area contributed by atoms with Crippen LogP contribution < -0.4 is 5.73 Å². The molecule has 0 aliphatic heterocycles. The molecule has 0 radical (unpaired) electrons. The highest BCUT2D eigenvalue weighted by molar-refractivity contribution is 6.36. The minimum absolute atomic E-state index is 0.0750. The van der Waals surface area contributed by atoms with Gasteiger partial charge < -0.3 is 10.5 Å². The third-order valence-electron chi connectivity index (χ3n) is 3.52. The monoisotopic (exact) mass is 327 g/mol. The Hall–Kier alpha value is -1.36. The Morgan fingerprint density at radius 2 is 1.90 bits per heavy atom. The van der Waals surface area contributed by atoms with Gasteiger partial charge in [0.25, 0.3) is 0 Å². The number of hydrogen-bond donors (Lipinski definition) is 1. The standard InChI is InChI=1S/C15H15Cl2NO3/c1-21-15(20)12(8-4-2-7-11(8)19)14(18)13-9(16)5-3-6-10(13)17/h3,5-6,14H,2,4,7,18H2,1H3/b12-8-. The lowest BCUT2D eigenvalue weighted by Gasteiger charge is -2.19. The highest BCUT2D eigenvalue weighted by Crippen LogP contribution is 2.36. The highest BCUT2D eigenvalue weighted by Gasteiger charge is 2.31. The Bertz CT molecular complexity index is 605. The molecular formula is C15H15Cl2NO3. The van der Waals surface area contributed by atoms with Gasteiger partial charge in [-0.1, -0.05) is 29.3 Å². The van der Waals surface area contributed by atoms with Gasteiger partial charge in [0, 0.05) is 27.6 Å². The van der Waals surface area contributed by atoms with E-state index >= 15 is 0 Å². The van der Waals surface area contributed by atoms with Crippen LogP contribution in [0.25, 0.3) is 0 Å². The second-order valence-electron chi connectivity index (χ2n) is 4.77. The summed E-state index contributed by atoms with van der Waals surface area (Å²) in [7, 11) is 1.25. The van der Waals surface area contributed by atoms with Crippen molar-refractivity contribution in [3.63, 3.8) is 0 Å². The van der Waals surface area contributed by atoms with Crippen molar-refractivity contribution in [3.8, 4) is 0 Å². The predicted octanol–water partition coefficient (Wildman–Crippen LogP) is 3.22. The van der Waals surface area contributed by atoms with Gasteiger partial charge in [-0.05, 0) is 25.0 Å². The third-order valence-corrected chi connectivity index (χ3v) is 4.18. The van der Waals surface area contributed by atoms with Crippen LogP contribution in [0.15, 0.2) is 29.3 Å². The van der Waals surface area contributed by atoms with E-state index in [1.54, 1.807) is 18.2 Å². The summed E-state index contributed by atoms with van der Waals surface area (Å²) in [6.45, 7) is 0. The molecule has 0 aromatic heterocycles. The number of carbonyl (C=O) groups excluding carboxylic acids is 2. The summed E-state index contributed by atoms with van der Waals surface area (Å²) in [6.07, 6.45) is 1.63. The largest absolute Gasteiger partial charge is 0.466 e. The molecule has 0 amide bonds. The molecule has 1 fully saturated rings. The average Bonchev–Trinajstić information content (AvgIpc) is 2.85. The lowest BCUT2D eigenvalue weighted by Crippen LogP contribution is -2.24.